The van der Waals surface area contributed by atoms with Crippen LogP contribution in [0.5, 0.6) is 5.75 Å². The maximum atomic E-state index is 12.8. The maximum absolute atomic E-state index is 12.8. The smallest absolute Gasteiger partial charge is 0.268 e. The van der Waals surface area contributed by atoms with Crippen molar-refractivity contribution in [3.8, 4) is 5.75 Å². The lowest BCUT2D eigenvalue weighted by molar-refractivity contribution is 0.0939. The van der Waals surface area contributed by atoms with Crippen LogP contribution >= 0.6 is 27.3 Å². The van der Waals surface area contributed by atoms with Crippen molar-refractivity contribution >= 4 is 43.4 Å². The van der Waals surface area contributed by atoms with E-state index in [1.54, 1.807) is 30.8 Å². The average molecular weight is 445 g/mol. The van der Waals surface area contributed by atoms with E-state index in [0.717, 1.165) is 31.1 Å². The van der Waals surface area contributed by atoms with Crippen molar-refractivity contribution in [3.63, 3.8) is 0 Å². The lowest BCUT2D eigenvalue weighted by Gasteiger charge is -2.13. The number of amides is 1. The number of benzene rings is 1. The number of halogens is 1. The number of para-hydroxylation sites is 1. The molecule has 1 N–H and O–H groups in total. The standard InChI is InChI=1S/C20H17BrN2O3S/c1-25-17-7-3-2-5-13(17)12-23-15-10-19(21)27-18(15)9-16(23)20(24)22-11-14-6-4-8-26-14/h2-10H,11-12H2,1H3,(H,22,24). The summed E-state index contributed by atoms with van der Waals surface area (Å²) in [5, 5.41) is 2.93. The van der Waals surface area contributed by atoms with Gasteiger partial charge in [-0.1, -0.05) is 18.2 Å². The summed E-state index contributed by atoms with van der Waals surface area (Å²) in [5.74, 6) is 1.38. The Morgan fingerprint density at radius 1 is 1.26 bits per heavy atom. The zero-order valence-corrected chi connectivity index (χ0v) is 17.0. The van der Waals surface area contributed by atoms with E-state index in [2.05, 4.69) is 21.2 Å². The molecule has 0 atom stereocenters. The first-order chi connectivity index (χ1) is 13.2. The number of nitrogens with zero attached hydrogens (tertiary/aromatic N) is 1. The predicted octanol–water partition coefficient (Wildman–Crippen LogP) is 5.05. The largest absolute Gasteiger partial charge is 0.496 e. The Labute approximate surface area is 168 Å². The molecule has 3 aromatic heterocycles. The minimum atomic E-state index is -0.138. The highest BCUT2D eigenvalue weighted by molar-refractivity contribution is 9.11. The Morgan fingerprint density at radius 2 is 2.11 bits per heavy atom. The van der Waals surface area contributed by atoms with E-state index in [-0.39, 0.29) is 5.91 Å². The summed E-state index contributed by atoms with van der Waals surface area (Å²) in [6.45, 7) is 0.892. The summed E-state index contributed by atoms with van der Waals surface area (Å²) in [4.78, 5) is 12.8. The van der Waals surface area contributed by atoms with Crippen molar-refractivity contribution < 1.29 is 13.9 Å². The molecule has 0 aliphatic rings. The molecule has 0 bridgehead atoms. The van der Waals surface area contributed by atoms with E-state index in [9.17, 15) is 4.79 Å². The Morgan fingerprint density at radius 3 is 2.89 bits per heavy atom. The van der Waals surface area contributed by atoms with Crippen molar-refractivity contribution in [1.29, 1.82) is 0 Å². The zero-order chi connectivity index (χ0) is 18.8. The van der Waals surface area contributed by atoms with Gasteiger partial charge in [0, 0.05) is 5.56 Å². The fourth-order valence-electron chi connectivity index (χ4n) is 3.05. The third-order valence-corrected chi connectivity index (χ3v) is 5.89. The molecule has 3 heterocycles. The summed E-state index contributed by atoms with van der Waals surface area (Å²) < 4.78 is 14.9. The molecule has 0 saturated heterocycles. The molecule has 0 aliphatic carbocycles. The van der Waals surface area contributed by atoms with Gasteiger partial charge in [0.2, 0.25) is 0 Å². The van der Waals surface area contributed by atoms with E-state index >= 15 is 0 Å². The lowest BCUT2D eigenvalue weighted by atomic mass is 10.2. The normalized spacial score (nSPS) is 11.0. The van der Waals surface area contributed by atoms with Crippen molar-refractivity contribution in [3.05, 3.63) is 75.6 Å². The zero-order valence-electron chi connectivity index (χ0n) is 14.6. The first-order valence-electron chi connectivity index (χ1n) is 8.37. The lowest BCUT2D eigenvalue weighted by Crippen LogP contribution is -2.25. The van der Waals surface area contributed by atoms with Crippen LogP contribution < -0.4 is 10.1 Å². The fraction of sp³-hybridized carbons (Fsp3) is 0.150. The van der Waals surface area contributed by atoms with Gasteiger partial charge in [0.05, 0.1) is 40.5 Å². The van der Waals surface area contributed by atoms with E-state index in [1.807, 2.05) is 47.0 Å². The van der Waals surface area contributed by atoms with Gasteiger partial charge in [0.25, 0.3) is 5.91 Å². The van der Waals surface area contributed by atoms with Crippen LogP contribution in [0.15, 0.2) is 63.0 Å². The molecule has 1 aromatic carbocycles. The number of rotatable bonds is 6. The number of methoxy groups -OCH3 is 1. The molecule has 4 rings (SSSR count). The number of thiophene rings is 1. The van der Waals surface area contributed by atoms with Gasteiger partial charge in [-0.15, -0.1) is 11.3 Å². The molecular weight excluding hydrogens is 428 g/mol. The monoisotopic (exact) mass is 444 g/mol. The first kappa shape index (κ1) is 17.9. The molecule has 0 fully saturated rings. The minimum absolute atomic E-state index is 0.138. The van der Waals surface area contributed by atoms with Gasteiger partial charge in [0.1, 0.15) is 17.2 Å². The molecule has 0 unspecified atom stereocenters. The molecule has 0 aliphatic heterocycles. The van der Waals surface area contributed by atoms with Crippen molar-refractivity contribution in [2.75, 3.05) is 7.11 Å². The number of hydrogen-bond acceptors (Lipinski definition) is 4. The summed E-state index contributed by atoms with van der Waals surface area (Å²) in [5.41, 5.74) is 2.64. The van der Waals surface area contributed by atoms with Crippen LogP contribution in [0.3, 0.4) is 0 Å². The Balaban J connectivity index is 1.68. The molecule has 0 spiro atoms. The topological polar surface area (TPSA) is 56.4 Å². The van der Waals surface area contributed by atoms with Gasteiger partial charge in [-0.05, 0) is 46.3 Å². The summed E-state index contributed by atoms with van der Waals surface area (Å²) in [6, 6.07) is 15.5. The minimum Gasteiger partial charge on any atom is -0.496 e. The molecule has 4 aromatic rings. The molecule has 1 amide bonds. The van der Waals surface area contributed by atoms with Crippen molar-refractivity contribution in [1.82, 2.24) is 9.88 Å². The molecule has 5 nitrogen and oxygen atoms in total. The van der Waals surface area contributed by atoms with Crippen molar-refractivity contribution in [2.24, 2.45) is 0 Å². The second-order valence-corrected chi connectivity index (χ2v) is 8.45. The number of carbonyl (C=O) groups excluding carboxylic acids is 1. The number of carbonyl (C=O) groups is 1. The van der Waals surface area contributed by atoms with E-state index in [1.165, 1.54) is 0 Å². The molecular formula is C20H17BrN2O3S. The van der Waals surface area contributed by atoms with Crippen LogP contribution in [-0.2, 0) is 13.1 Å². The predicted molar refractivity (Wildman–Crippen MR) is 109 cm³/mol. The Hall–Kier alpha value is -2.51. The van der Waals surface area contributed by atoms with Crippen LogP contribution in [0.4, 0.5) is 0 Å². The van der Waals surface area contributed by atoms with Gasteiger partial charge in [-0.25, -0.2) is 0 Å². The van der Waals surface area contributed by atoms with Gasteiger partial charge >= 0.3 is 0 Å². The number of furan rings is 1. The summed E-state index contributed by atoms with van der Waals surface area (Å²) in [7, 11) is 1.66. The van der Waals surface area contributed by atoms with Crippen LogP contribution in [0.2, 0.25) is 0 Å². The third kappa shape index (κ3) is 3.65. The average Bonchev–Trinajstić information content (AvgIpc) is 3.38. The van der Waals surface area contributed by atoms with Crippen LogP contribution in [-0.4, -0.2) is 17.6 Å². The first-order valence-corrected chi connectivity index (χ1v) is 9.97. The van der Waals surface area contributed by atoms with E-state index in [4.69, 9.17) is 9.15 Å². The molecule has 0 saturated carbocycles. The van der Waals surface area contributed by atoms with Crippen molar-refractivity contribution in [2.45, 2.75) is 13.1 Å². The SMILES string of the molecule is COc1ccccc1Cn1c(C(=O)NCc2ccco2)cc2sc(Br)cc21. The van der Waals surface area contributed by atoms with E-state index in [0.29, 0.717) is 18.8 Å². The molecule has 7 heteroatoms. The number of ether oxygens (including phenoxy) is 1. The van der Waals surface area contributed by atoms with Gasteiger partial charge < -0.3 is 19.0 Å². The number of hydrogen-bond donors (Lipinski definition) is 1. The van der Waals surface area contributed by atoms with Crippen LogP contribution in [0, 0.1) is 0 Å². The molecule has 27 heavy (non-hydrogen) atoms. The number of fused-ring (bicyclic) bond motifs is 1. The van der Waals surface area contributed by atoms with Crippen LogP contribution in [0.25, 0.3) is 10.2 Å². The van der Waals surface area contributed by atoms with E-state index < -0.39 is 0 Å². The maximum Gasteiger partial charge on any atom is 0.268 e. The number of nitrogens with one attached hydrogen (secondary N) is 1. The second kappa shape index (κ2) is 7.62. The third-order valence-electron chi connectivity index (χ3n) is 4.32. The second-order valence-electron chi connectivity index (χ2n) is 5.99. The number of aromatic nitrogens is 1. The van der Waals surface area contributed by atoms with Gasteiger partial charge in [-0.3, -0.25) is 4.79 Å². The highest BCUT2D eigenvalue weighted by atomic mass is 79.9. The van der Waals surface area contributed by atoms with Crippen LogP contribution in [0.1, 0.15) is 21.8 Å². The summed E-state index contributed by atoms with van der Waals surface area (Å²) in [6.07, 6.45) is 1.60. The Kier molecular flexibility index (Phi) is 5.05. The Bertz CT molecular complexity index is 1080. The molecule has 138 valence electrons. The highest BCUT2D eigenvalue weighted by Crippen LogP contribution is 2.33. The molecule has 0 radical (unpaired) electrons. The summed E-state index contributed by atoms with van der Waals surface area (Å²) >= 11 is 5.14. The van der Waals surface area contributed by atoms with Gasteiger partial charge in [-0.2, -0.15) is 0 Å². The fourth-order valence-corrected chi connectivity index (χ4v) is 4.61. The van der Waals surface area contributed by atoms with Gasteiger partial charge in [0.15, 0.2) is 0 Å². The highest BCUT2D eigenvalue weighted by Gasteiger charge is 2.19. The quantitative estimate of drug-likeness (QED) is 0.452.